The van der Waals surface area contributed by atoms with E-state index in [4.69, 9.17) is 10.2 Å². The Morgan fingerprint density at radius 3 is 3.14 bits per heavy atom. The Morgan fingerprint density at radius 1 is 1.50 bits per heavy atom. The summed E-state index contributed by atoms with van der Waals surface area (Å²) in [5, 5.41) is 2.88. The third-order valence-electron chi connectivity index (χ3n) is 1.77. The van der Waals surface area contributed by atoms with E-state index >= 15 is 0 Å². The standard InChI is InChI=1S/C9H10FN3O/c10-6-1-2-8-7(5-6)13-9(14-8)12-4-3-11/h1-2,5H,3-4,11H2,(H,12,13). The van der Waals surface area contributed by atoms with Gasteiger partial charge in [0.05, 0.1) is 0 Å². The molecule has 0 spiro atoms. The molecule has 0 fully saturated rings. The van der Waals surface area contributed by atoms with Crippen molar-refractivity contribution in [3.63, 3.8) is 0 Å². The molecule has 0 bridgehead atoms. The van der Waals surface area contributed by atoms with Gasteiger partial charge in [-0.25, -0.2) is 4.39 Å². The first-order chi connectivity index (χ1) is 6.79. The highest BCUT2D eigenvalue weighted by Gasteiger charge is 2.04. The molecule has 2 rings (SSSR count). The van der Waals surface area contributed by atoms with Gasteiger partial charge >= 0.3 is 0 Å². The van der Waals surface area contributed by atoms with Crippen molar-refractivity contribution in [3.8, 4) is 0 Å². The Balaban J connectivity index is 2.32. The van der Waals surface area contributed by atoms with Crippen molar-refractivity contribution in [2.24, 2.45) is 5.73 Å². The van der Waals surface area contributed by atoms with Crippen LogP contribution < -0.4 is 11.1 Å². The van der Waals surface area contributed by atoms with Crippen LogP contribution in [0.15, 0.2) is 22.6 Å². The van der Waals surface area contributed by atoms with Crippen LogP contribution in [0.2, 0.25) is 0 Å². The van der Waals surface area contributed by atoms with Crippen molar-refractivity contribution in [2.45, 2.75) is 0 Å². The Hall–Kier alpha value is -1.62. The van der Waals surface area contributed by atoms with Crippen LogP contribution in [0.1, 0.15) is 0 Å². The number of hydrogen-bond acceptors (Lipinski definition) is 4. The summed E-state index contributed by atoms with van der Waals surface area (Å²) in [5.41, 5.74) is 6.37. The van der Waals surface area contributed by atoms with Crippen LogP contribution in [0.25, 0.3) is 11.1 Å². The number of anilines is 1. The Kier molecular flexibility index (Phi) is 2.32. The van der Waals surface area contributed by atoms with Crippen molar-refractivity contribution in [3.05, 3.63) is 24.0 Å². The molecular weight excluding hydrogens is 185 g/mol. The van der Waals surface area contributed by atoms with Crippen LogP contribution in [-0.4, -0.2) is 18.1 Å². The molecule has 0 aliphatic carbocycles. The maximum absolute atomic E-state index is 12.8. The molecule has 0 radical (unpaired) electrons. The first-order valence-corrected chi connectivity index (χ1v) is 4.29. The summed E-state index contributed by atoms with van der Waals surface area (Å²) < 4.78 is 18.1. The molecule has 0 atom stereocenters. The number of nitrogens with two attached hydrogens (primary N) is 1. The molecule has 0 saturated carbocycles. The smallest absolute Gasteiger partial charge is 0.295 e. The lowest BCUT2D eigenvalue weighted by molar-refractivity contribution is 0.610. The van der Waals surface area contributed by atoms with Crippen molar-refractivity contribution in [2.75, 3.05) is 18.4 Å². The SMILES string of the molecule is NCCNc1nc2cc(F)ccc2o1. The number of halogens is 1. The van der Waals surface area contributed by atoms with Crippen LogP contribution >= 0.6 is 0 Å². The zero-order valence-electron chi connectivity index (χ0n) is 7.46. The number of benzene rings is 1. The molecule has 74 valence electrons. The van der Waals surface area contributed by atoms with E-state index < -0.39 is 0 Å². The van der Waals surface area contributed by atoms with E-state index in [0.29, 0.717) is 30.2 Å². The van der Waals surface area contributed by atoms with Gasteiger partial charge in [0.25, 0.3) is 6.01 Å². The molecule has 3 N–H and O–H groups in total. The molecule has 0 saturated heterocycles. The predicted octanol–water partition coefficient (Wildman–Crippen LogP) is 1.34. The highest BCUT2D eigenvalue weighted by atomic mass is 19.1. The van der Waals surface area contributed by atoms with E-state index in [-0.39, 0.29) is 5.82 Å². The molecule has 5 heteroatoms. The molecule has 1 aromatic heterocycles. The third kappa shape index (κ3) is 1.67. The molecule has 0 aliphatic rings. The fourth-order valence-electron chi connectivity index (χ4n) is 1.16. The van der Waals surface area contributed by atoms with Gasteiger partial charge in [0, 0.05) is 19.2 Å². The summed E-state index contributed by atoms with van der Waals surface area (Å²) in [7, 11) is 0. The second-order valence-electron chi connectivity index (χ2n) is 2.85. The van der Waals surface area contributed by atoms with Gasteiger partial charge in [0.2, 0.25) is 0 Å². The number of nitrogens with zero attached hydrogens (tertiary/aromatic N) is 1. The Labute approximate surface area is 79.9 Å². The minimum atomic E-state index is -0.323. The number of hydrogen-bond donors (Lipinski definition) is 2. The largest absolute Gasteiger partial charge is 0.424 e. The van der Waals surface area contributed by atoms with Gasteiger partial charge in [0.1, 0.15) is 11.3 Å². The number of oxazole rings is 1. The van der Waals surface area contributed by atoms with E-state index in [1.807, 2.05) is 0 Å². The topological polar surface area (TPSA) is 64.1 Å². The zero-order valence-corrected chi connectivity index (χ0v) is 7.46. The van der Waals surface area contributed by atoms with Gasteiger partial charge in [-0.05, 0) is 12.1 Å². The maximum Gasteiger partial charge on any atom is 0.295 e. The Bertz CT molecular complexity index is 441. The molecule has 2 aromatic rings. The fraction of sp³-hybridized carbons (Fsp3) is 0.222. The molecule has 0 aliphatic heterocycles. The molecule has 1 aromatic carbocycles. The zero-order chi connectivity index (χ0) is 9.97. The van der Waals surface area contributed by atoms with Crippen molar-refractivity contribution >= 4 is 17.1 Å². The minimum absolute atomic E-state index is 0.323. The lowest BCUT2D eigenvalue weighted by atomic mass is 10.3. The average molecular weight is 195 g/mol. The van der Waals surface area contributed by atoms with E-state index in [1.165, 1.54) is 12.1 Å². The first-order valence-electron chi connectivity index (χ1n) is 4.29. The second kappa shape index (κ2) is 3.63. The summed E-state index contributed by atoms with van der Waals surface area (Å²) in [6.07, 6.45) is 0. The van der Waals surface area contributed by atoms with Gasteiger partial charge < -0.3 is 15.5 Å². The van der Waals surface area contributed by atoms with Gasteiger partial charge in [-0.2, -0.15) is 4.98 Å². The van der Waals surface area contributed by atoms with Crippen LogP contribution in [0.5, 0.6) is 0 Å². The quantitative estimate of drug-likeness (QED) is 0.775. The molecular formula is C9H10FN3O. The van der Waals surface area contributed by atoms with Crippen molar-refractivity contribution in [1.29, 1.82) is 0 Å². The Morgan fingerprint density at radius 2 is 2.36 bits per heavy atom. The van der Waals surface area contributed by atoms with E-state index in [1.54, 1.807) is 6.07 Å². The van der Waals surface area contributed by atoms with Gasteiger partial charge in [-0.1, -0.05) is 0 Å². The average Bonchev–Trinajstić information content (AvgIpc) is 2.56. The predicted molar refractivity (Wildman–Crippen MR) is 51.5 cm³/mol. The number of fused-ring (bicyclic) bond motifs is 1. The minimum Gasteiger partial charge on any atom is -0.424 e. The summed E-state index contributed by atoms with van der Waals surface area (Å²) >= 11 is 0. The summed E-state index contributed by atoms with van der Waals surface area (Å²) in [6.45, 7) is 1.07. The molecule has 14 heavy (non-hydrogen) atoms. The highest BCUT2D eigenvalue weighted by molar-refractivity contribution is 5.74. The number of rotatable bonds is 3. The van der Waals surface area contributed by atoms with Gasteiger partial charge in [0.15, 0.2) is 5.58 Å². The molecule has 1 heterocycles. The highest BCUT2D eigenvalue weighted by Crippen LogP contribution is 2.19. The van der Waals surface area contributed by atoms with E-state index in [2.05, 4.69) is 10.3 Å². The van der Waals surface area contributed by atoms with Crippen molar-refractivity contribution < 1.29 is 8.81 Å². The van der Waals surface area contributed by atoms with Crippen LogP contribution in [0, 0.1) is 5.82 Å². The third-order valence-corrected chi connectivity index (χ3v) is 1.77. The van der Waals surface area contributed by atoms with Crippen molar-refractivity contribution in [1.82, 2.24) is 4.98 Å². The summed E-state index contributed by atoms with van der Waals surface area (Å²) in [5.74, 6) is -0.323. The molecule has 4 nitrogen and oxygen atoms in total. The lowest BCUT2D eigenvalue weighted by Gasteiger charge is -1.95. The second-order valence-corrected chi connectivity index (χ2v) is 2.85. The fourth-order valence-corrected chi connectivity index (χ4v) is 1.16. The number of aromatic nitrogens is 1. The summed E-state index contributed by atoms with van der Waals surface area (Å²) in [4.78, 5) is 4.04. The van der Waals surface area contributed by atoms with Crippen LogP contribution in [0.3, 0.4) is 0 Å². The summed E-state index contributed by atoms with van der Waals surface area (Å²) in [6, 6.07) is 4.58. The van der Waals surface area contributed by atoms with Crippen LogP contribution in [-0.2, 0) is 0 Å². The normalized spacial score (nSPS) is 10.7. The van der Waals surface area contributed by atoms with Gasteiger partial charge in [-0.3, -0.25) is 0 Å². The molecule has 0 unspecified atom stereocenters. The lowest BCUT2D eigenvalue weighted by Crippen LogP contribution is -2.13. The maximum atomic E-state index is 12.8. The molecule has 0 amide bonds. The first kappa shape index (κ1) is 8.96. The van der Waals surface area contributed by atoms with E-state index in [9.17, 15) is 4.39 Å². The van der Waals surface area contributed by atoms with Gasteiger partial charge in [-0.15, -0.1) is 0 Å². The van der Waals surface area contributed by atoms with Crippen LogP contribution in [0.4, 0.5) is 10.4 Å². The van der Waals surface area contributed by atoms with E-state index in [0.717, 1.165) is 0 Å². The number of nitrogens with one attached hydrogen (secondary N) is 1. The monoisotopic (exact) mass is 195 g/mol.